The van der Waals surface area contributed by atoms with Gasteiger partial charge < -0.3 is 10.1 Å². The third-order valence-corrected chi connectivity index (χ3v) is 5.32. The van der Waals surface area contributed by atoms with Crippen LogP contribution in [0.25, 0.3) is 0 Å². The molecule has 2 aromatic rings. The number of cyclic esters (lactones) is 1. The number of benzene rings is 2. The maximum atomic E-state index is 12.7. The van der Waals surface area contributed by atoms with Gasteiger partial charge in [0.1, 0.15) is 0 Å². The average molecular weight is 367 g/mol. The summed E-state index contributed by atoms with van der Waals surface area (Å²) in [5.41, 5.74) is 3.28. The van der Waals surface area contributed by atoms with Crippen molar-refractivity contribution in [1.82, 2.24) is 0 Å². The molecule has 0 saturated carbocycles. The molecule has 1 aliphatic rings. The van der Waals surface area contributed by atoms with Crippen LogP contribution in [0.3, 0.4) is 0 Å². The molecule has 1 aliphatic heterocycles. The zero-order valence-corrected chi connectivity index (χ0v) is 15.5. The number of anilines is 1. The molecule has 134 valence electrons. The van der Waals surface area contributed by atoms with Crippen LogP contribution in [0.15, 0.2) is 60.0 Å². The Bertz CT molecular complexity index is 847. The van der Waals surface area contributed by atoms with E-state index in [1.165, 1.54) is 0 Å². The number of ether oxygens (including phenoxy) is 1. The molecular weight excluding hydrogens is 346 g/mol. The number of amides is 1. The number of esters is 1. The summed E-state index contributed by atoms with van der Waals surface area (Å²) in [6.07, 6.45) is 2.27. The second-order valence-electron chi connectivity index (χ2n) is 6.03. The minimum Gasteiger partial charge on any atom is -0.448 e. The number of hydrogen-bond donors (Lipinski definition) is 1. The van der Waals surface area contributed by atoms with Gasteiger partial charge in [-0.25, -0.2) is 4.79 Å². The third-order valence-electron chi connectivity index (χ3n) is 4.25. The molecule has 1 N–H and O–H groups in total. The van der Waals surface area contributed by atoms with Crippen LogP contribution < -0.4 is 5.32 Å². The van der Waals surface area contributed by atoms with Crippen LogP contribution in [0, 0.1) is 0 Å². The van der Waals surface area contributed by atoms with Crippen molar-refractivity contribution in [3.63, 3.8) is 0 Å². The Morgan fingerprint density at radius 3 is 2.92 bits per heavy atom. The van der Waals surface area contributed by atoms with Gasteiger partial charge in [-0.1, -0.05) is 37.3 Å². The summed E-state index contributed by atoms with van der Waals surface area (Å²) in [6.45, 7) is 5.78. The van der Waals surface area contributed by atoms with Crippen LogP contribution in [0.2, 0.25) is 0 Å². The SMILES string of the molecule is C=CCSc1ccccc1NC(=O)C1Cc2cc(CC)ccc2C(=O)O1. The Hall–Kier alpha value is -2.53. The summed E-state index contributed by atoms with van der Waals surface area (Å²) in [4.78, 5) is 25.9. The zero-order chi connectivity index (χ0) is 18.5. The normalized spacial score (nSPS) is 15.7. The van der Waals surface area contributed by atoms with Crippen LogP contribution in [-0.2, 0) is 22.4 Å². The van der Waals surface area contributed by atoms with Crippen molar-refractivity contribution in [2.45, 2.75) is 30.8 Å². The van der Waals surface area contributed by atoms with Crippen molar-refractivity contribution in [3.8, 4) is 0 Å². The predicted octanol–water partition coefficient (Wildman–Crippen LogP) is 4.25. The number of rotatable bonds is 6. The predicted molar refractivity (Wildman–Crippen MR) is 105 cm³/mol. The summed E-state index contributed by atoms with van der Waals surface area (Å²) in [7, 11) is 0. The molecule has 0 saturated heterocycles. The third kappa shape index (κ3) is 3.99. The quantitative estimate of drug-likeness (QED) is 0.471. The van der Waals surface area contributed by atoms with Crippen LogP contribution >= 0.6 is 11.8 Å². The first-order chi connectivity index (χ1) is 12.6. The van der Waals surface area contributed by atoms with Crippen molar-refractivity contribution in [2.24, 2.45) is 0 Å². The number of carbonyl (C=O) groups is 2. The molecule has 2 aromatic carbocycles. The van der Waals surface area contributed by atoms with Crippen LogP contribution in [0.5, 0.6) is 0 Å². The Morgan fingerprint density at radius 1 is 1.35 bits per heavy atom. The van der Waals surface area contributed by atoms with Crippen molar-refractivity contribution in [1.29, 1.82) is 0 Å². The van der Waals surface area contributed by atoms with Crippen LogP contribution in [-0.4, -0.2) is 23.7 Å². The smallest absolute Gasteiger partial charge is 0.339 e. The molecule has 0 spiro atoms. The van der Waals surface area contributed by atoms with E-state index in [-0.39, 0.29) is 5.91 Å². The lowest BCUT2D eigenvalue weighted by Gasteiger charge is -2.24. The van der Waals surface area contributed by atoms with Gasteiger partial charge in [-0.2, -0.15) is 0 Å². The number of hydrogen-bond acceptors (Lipinski definition) is 4. The van der Waals surface area contributed by atoms with Gasteiger partial charge in [-0.15, -0.1) is 18.3 Å². The van der Waals surface area contributed by atoms with Gasteiger partial charge in [0, 0.05) is 17.1 Å². The summed E-state index contributed by atoms with van der Waals surface area (Å²) < 4.78 is 5.37. The van der Waals surface area contributed by atoms with E-state index in [1.54, 1.807) is 17.8 Å². The molecule has 26 heavy (non-hydrogen) atoms. The lowest BCUT2D eigenvalue weighted by molar-refractivity contribution is -0.125. The maximum absolute atomic E-state index is 12.7. The highest BCUT2D eigenvalue weighted by Gasteiger charge is 2.31. The van der Waals surface area contributed by atoms with Crippen molar-refractivity contribution < 1.29 is 14.3 Å². The molecular formula is C21H21NO3S. The largest absolute Gasteiger partial charge is 0.448 e. The zero-order valence-electron chi connectivity index (χ0n) is 14.7. The molecule has 1 heterocycles. The van der Waals surface area contributed by atoms with E-state index in [9.17, 15) is 9.59 Å². The number of nitrogens with one attached hydrogen (secondary N) is 1. The van der Waals surface area contributed by atoms with Gasteiger partial charge in [0.05, 0.1) is 11.3 Å². The molecule has 0 aliphatic carbocycles. The van der Waals surface area contributed by atoms with Crippen molar-refractivity contribution in [3.05, 3.63) is 71.8 Å². The van der Waals surface area contributed by atoms with E-state index in [4.69, 9.17) is 4.74 Å². The number of carbonyl (C=O) groups excluding carboxylic acids is 2. The molecule has 5 heteroatoms. The molecule has 0 radical (unpaired) electrons. The number of fused-ring (bicyclic) bond motifs is 1. The van der Waals surface area contributed by atoms with Crippen LogP contribution in [0.1, 0.15) is 28.4 Å². The average Bonchev–Trinajstić information content (AvgIpc) is 2.66. The van der Waals surface area contributed by atoms with Gasteiger partial charge in [0.2, 0.25) is 0 Å². The second kappa shape index (κ2) is 8.23. The summed E-state index contributed by atoms with van der Waals surface area (Å²) >= 11 is 1.59. The first kappa shape index (κ1) is 18.3. The first-order valence-corrected chi connectivity index (χ1v) is 9.57. The number of thioether (sulfide) groups is 1. The van der Waals surface area contributed by atoms with Gasteiger partial charge in [-0.3, -0.25) is 4.79 Å². The fraction of sp³-hybridized carbons (Fsp3) is 0.238. The van der Waals surface area contributed by atoms with Gasteiger partial charge in [-0.05, 0) is 35.7 Å². The summed E-state index contributed by atoms with van der Waals surface area (Å²) in [5, 5.41) is 2.90. The molecule has 1 atom stereocenters. The lowest BCUT2D eigenvalue weighted by atomic mass is 9.95. The molecule has 4 nitrogen and oxygen atoms in total. The van der Waals surface area contributed by atoms with Crippen molar-refractivity contribution in [2.75, 3.05) is 11.1 Å². The highest BCUT2D eigenvalue weighted by Crippen LogP contribution is 2.28. The summed E-state index contributed by atoms with van der Waals surface area (Å²) in [5.74, 6) is -0.000663. The number of aryl methyl sites for hydroxylation is 1. The van der Waals surface area contributed by atoms with Gasteiger partial charge >= 0.3 is 5.97 Å². The van der Waals surface area contributed by atoms with Gasteiger partial charge in [0.25, 0.3) is 5.91 Å². The van der Waals surface area contributed by atoms with E-state index >= 15 is 0 Å². The number of para-hydroxylation sites is 1. The molecule has 0 fully saturated rings. The van der Waals surface area contributed by atoms with E-state index in [2.05, 4.69) is 18.8 Å². The highest BCUT2D eigenvalue weighted by molar-refractivity contribution is 7.99. The Morgan fingerprint density at radius 2 is 2.15 bits per heavy atom. The minimum atomic E-state index is -0.820. The van der Waals surface area contributed by atoms with E-state index in [0.29, 0.717) is 17.7 Å². The highest BCUT2D eigenvalue weighted by atomic mass is 32.2. The molecule has 1 amide bonds. The lowest BCUT2D eigenvalue weighted by Crippen LogP contribution is -2.38. The Labute approximate surface area is 157 Å². The standard InChI is InChI=1S/C21H21NO3S/c1-3-11-26-19-8-6-5-7-17(19)22-20(23)18-13-15-12-14(4-2)9-10-16(15)21(24)25-18/h3,5-10,12,18H,1,4,11,13H2,2H3,(H,22,23). The first-order valence-electron chi connectivity index (χ1n) is 8.58. The molecule has 1 unspecified atom stereocenters. The van der Waals surface area contributed by atoms with E-state index < -0.39 is 12.1 Å². The summed E-state index contributed by atoms with van der Waals surface area (Å²) in [6, 6.07) is 13.3. The van der Waals surface area contributed by atoms with Crippen LogP contribution in [0.4, 0.5) is 5.69 Å². The fourth-order valence-corrected chi connectivity index (χ4v) is 3.62. The second-order valence-corrected chi connectivity index (χ2v) is 7.09. The van der Waals surface area contributed by atoms with Crippen molar-refractivity contribution >= 4 is 29.3 Å². The van der Waals surface area contributed by atoms with Gasteiger partial charge in [0.15, 0.2) is 6.10 Å². The monoisotopic (exact) mass is 367 g/mol. The Kier molecular flexibility index (Phi) is 5.78. The topological polar surface area (TPSA) is 55.4 Å². The fourth-order valence-electron chi connectivity index (χ4n) is 2.87. The van der Waals surface area contributed by atoms with E-state index in [1.807, 2.05) is 42.5 Å². The minimum absolute atomic E-state index is 0.308. The van der Waals surface area contributed by atoms with E-state index in [0.717, 1.165) is 28.2 Å². The maximum Gasteiger partial charge on any atom is 0.339 e. The Balaban J connectivity index is 1.77. The molecule has 0 aromatic heterocycles. The molecule has 3 rings (SSSR count). The molecule has 0 bridgehead atoms.